The lowest BCUT2D eigenvalue weighted by Crippen LogP contribution is -2.34. The summed E-state index contributed by atoms with van der Waals surface area (Å²) in [7, 11) is -2.24. The van der Waals surface area contributed by atoms with E-state index >= 15 is 0 Å². The summed E-state index contributed by atoms with van der Waals surface area (Å²) in [4.78, 5) is 36.1. The topological polar surface area (TPSA) is 163 Å². The van der Waals surface area contributed by atoms with Crippen LogP contribution in [0, 0.1) is 5.82 Å². The fourth-order valence-corrected chi connectivity index (χ4v) is 6.68. The Labute approximate surface area is 277 Å². The van der Waals surface area contributed by atoms with Gasteiger partial charge in [0.15, 0.2) is 5.78 Å². The first-order valence-electron chi connectivity index (χ1n) is 15.6. The van der Waals surface area contributed by atoms with Crippen LogP contribution in [0.1, 0.15) is 60.4 Å². The number of aliphatic carboxylic acids is 1. The van der Waals surface area contributed by atoms with E-state index in [9.17, 15) is 32.3 Å². The molecule has 1 saturated carbocycles. The van der Waals surface area contributed by atoms with Crippen molar-refractivity contribution >= 4 is 44.3 Å². The lowest BCUT2D eigenvalue weighted by Gasteiger charge is -2.25. The van der Waals surface area contributed by atoms with E-state index in [4.69, 9.17) is 14.3 Å². The van der Waals surface area contributed by atoms with E-state index in [1.165, 1.54) is 35.6 Å². The highest BCUT2D eigenvalue weighted by Crippen LogP contribution is 2.48. The minimum atomic E-state index is -3.75. The fourth-order valence-electron chi connectivity index (χ4n) is 5.76. The first-order valence-corrected chi connectivity index (χ1v) is 17.4. The van der Waals surface area contributed by atoms with E-state index in [1.807, 2.05) is 6.07 Å². The molecule has 0 atom stereocenters. The van der Waals surface area contributed by atoms with Crippen molar-refractivity contribution in [2.24, 2.45) is 0 Å². The number of ether oxygens (including phenoxy) is 1. The molecule has 0 radical (unpaired) electrons. The first kappa shape index (κ1) is 34.6. The summed E-state index contributed by atoms with van der Waals surface area (Å²) in [5.74, 6) is -3.62. The van der Waals surface area contributed by atoms with Gasteiger partial charge in [0, 0.05) is 42.3 Å². The zero-order valence-electron chi connectivity index (χ0n) is 26.6. The van der Waals surface area contributed by atoms with Gasteiger partial charge < -0.3 is 24.7 Å². The molecule has 5 rings (SSSR count). The number of benzene rings is 2. The van der Waals surface area contributed by atoms with Gasteiger partial charge in [-0.1, -0.05) is 17.7 Å². The number of fused-ring (bicyclic) bond motifs is 1. The number of carboxylic acids is 1. The number of carboxylic acid groups (broad SMARTS) is 1. The van der Waals surface area contributed by atoms with Gasteiger partial charge in [0.25, 0.3) is 5.91 Å². The number of carbonyl (C=O) groups excluding carboxylic acids is 2. The number of nitrogens with zero attached hydrogens (tertiary/aromatic N) is 1. The number of anilines is 1. The summed E-state index contributed by atoms with van der Waals surface area (Å²) in [6.07, 6.45) is 9.55. The molecule has 3 aromatic rings. The van der Waals surface area contributed by atoms with Crippen LogP contribution in [0.2, 0.25) is 0 Å². The van der Waals surface area contributed by atoms with Crippen molar-refractivity contribution in [3.8, 4) is 11.3 Å². The molecular weight excluding hydrogens is 643 g/mol. The molecule has 0 saturated heterocycles. The average Bonchev–Trinajstić information content (AvgIpc) is 3.83. The van der Waals surface area contributed by atoms with Gasteiger partial charge in [0.2, 0.25) is 15.8 Å². The molecule has 1 aromatic heterocycles. The van der Waals surface area contributed by atoms with Crippen molar-refractivity contribution < 1.29 is 46.6 Å². The number of hydrogen-bond donors (Lipinski definition) is 3. The molecule has 2 aromatic carbocycles. The van der Waals surface area contributed by atoms with Crippen molar-refractivity contribution in [3.63, 3.8) is 0 Å². The average molecular weight is 681 g/mol. The Morgan fingerprint density at radius 1 is 1.12 bits per heavy atom. The Balaban J connectivity index is 1.30. The molecule has 0 unspecified atom stereocenters. The standard InChI is InChI=1S/C35H37FN2O9S/c1-37-34(41)32-27-18-26(22-8-9-22)28(19-31(27)47-33(32)23-10-12-25(36)13-11-23)38(48(2,44)45)14-16-46-15-4-6-21-5-3-7-24(17-21)29(39)20-30(40)35(42)43/h7,10-13,17-20,22,40H,3-6,8-9,14-16H2,1-2H3,(H,37,41)(H,42,43)/b30-20-. The van der Waals surface area contributed by atoms with Crippen molar-refractivity contribution in [1.82, 2.24) is 5.32 Å². The van der Waals surface area contributed by atoms with Crippen molar-refractivity contribution in [3.05, 3.63) is 88.5 Å². The lowest BCUT2D eigenvalue weighted by molar-refractivity contribution is -0.135. The van der Waals surface area contributed by atoms with Gasteiger partial charge in [-0.05, 0) is 80.3 Å². The number of amides is 1. The maximum Gasteiger partial charge on any atom is 0.371 e. The van der Waals surface area contributed by atoms with Crippen LogP contribution in [-0.2, 0) is 24.3 Å². The summed E-state index contributed by atoms with van der Waals surface area (Å²) in [5.41, 5.74) is 3.67. The van der Waals surface area contributed by atoms with Crippen molar-refractivity contribution in [2.45, 2.75) is 44.4 Å². The molecular formula is C35H37FN2O9S. The third-order valence-corrected chi connectivity index (χ3v) is 9.45. The van der Waals surface area contributed by atoms with Crippen LogP contribution in [-0.4, -0.2) is 69.4 Å². The molecule has 254 valence electrons. The number of halogens is 1. The lowest BCUT2D eigenvalue weighted by atomic mass is 9.94. The van der Waals surface area contributed by atoms with E-state index in [-0.39, 0.29) is 36.3 Å². The Bertz CT molecular complexity index is 1940. The van der Waals surface area contributed by atoms with Crippen LogP contribution in [0.5, 0.6) is 0 Å². The third kappa shape index (κ3) is 8.03. The van der Waals surface area contributed by atoms with E-state index in [2.05, 4.69) is 5.32 Å². The minimum absolute atomic E-state index is 0.0430. The maximum atomic E-state index is 13.7. The third-order valence-electron chi connectivity index (χ3n) is 8.27. The highest BCUT2D eigenvalue weighted by molar-refractivity contribution is 7.92. The van der Waals surface area contributed by atoms with Crippen LogP contribution in [0.25, 0.3) is 22.3 Å². The molecule has 48 heavy (non-hydrogen) atoms. The van der Waals surface area contributed by atoms with Crippen LogP contribution >= 0.6 is 0 Å². The summed E-state index contributed by atoms with van der Waals surface area (Å²) < 4.78 is 53.2. The number of carbonyl (C=O) groups is 3. The molecule has 11 nitrogen and oxygen atoms in total. The van der Waals surface area contributed by atoms with Crippen LogP contribution in [0.15, 0.2) is 75.9 Å². The Hall–Kier alpha value is -4.75. The number of allylic oxidation sites excluding steroid dienone is 5. The molecule has 1 heterocycles. The molecule has 1 fully saturated rings. The van der Waals surface area contributed by atoms with E-state index < -0.39 is 33.4 Å². The van der Waals surface area contributed by atoms with Crippen LogP contribution in [0.3, 0.4) is 0 Å². The van der Waals surface area contributed by atoms with Gasteiger partial charge in [-0.25, -0.2) is 17.6 Å². The number of aliphatic hydroxyl groups is 1. The van der Waals surface area contributed by atoms with E-state index in [1.54, 1.807) is 18.2 Å². The zero-order chi connectivity index (χ0) is 34.6. The SMILES string of the molecule is CNC(=O)c1c(-c2ccc(F)cc2)oc2cc(N(CCOCCCC3=CC(C(=O)/C=C(\O)C(=O)O)=CCC3)S(C)(=O)=O)c(C3CC3)cc12. The number of sulfonamides is 1. The summed E-state index contributed by atoms with van der Waals surface area (Å²) in [5, 5.41) is 21.3. The summed E-state index contributed by atoms with van der Waals surface area (Å²) in [6.45, 7) is 0.492. The van der Waals surface area contributed by atoms with Crippen LogP contribution in [0.4, 0.5) is 10.1 Å². The number of hydrogen-bond acceptors (Lipinski definition) is 8. The number of furan rings is 1. The van der Waals surface area contributed by atoms with Gasteiger partial charge in [0.1, 0.15) is 17.2 Å². The monoisotopic (exact) mass is 680 g/mol. The largest absolute Gasteiger partial charge is 0.502 e. The molecule has 1 amide bonds. The molecule has 2 aliphatic rings. The van der Waals surface area contributed by atoms with Gasteiger partial charge in [-0.2, -0.15) is 0 Å². The molecule has 2 aliphatic carbocycles. The molecule has 0 aliphatic heterocycles. The molecule has 13 heteroatoms. The van der Waals surface area contributed by atoms with Crippen molar-refractivity contribution in [2.75, 3.05) is 37.4 Å². The predicted molar refractivity (Wildman–Crippen MR) is 178 cm³/mol. The number of nitrogens with one attached hydrogen (secondary N) is 1. The second kappa shape index (κ2) is 14.6. The molecule has 0 spiro atoms. The van der Waals surface area contributed by atoms with Gasteiger partial charge in [-0.15, -0.1) is 0 Å². The minimum Gasteiger partial charge on any atom is -0.502 e. The second-order valence-corrected chi connectivity index (χ2v) is 13.7. The van der Waals surface area contributed by atoms with Gasteiger partial charge >= 0.3 is 5.97 Å². The zero-order valence-corrected chi connectivity index (χ0v) is 27.4. The number of ketones is 1. The number of rotatable bonds is 15. The highest BCUT2D eigenvalue weighted by atomic mass is 32.2. The molecule has 0 bridgehead atoms. The van der Waals surface area contributed by atoms with Crippen molar-refractivity contribution in [1.29, 1.82) is 0 Å². The van der Waals surface area contributed by atoms with Crippen LogP contribution < -0.4 is 9.62 Å². The summed E-state index contributed by atoms with van der Waals surface area (Å²) in [6, 6.07) is 9.07. The van der Waals surface area contributed by atoms with E-state index in [0.29, 0.717) is 59.7 Å². The molecule has 3 N–H and O–H groups in total. The Kier molecular flexibility index (Phi) is 10.5. The fraction of sp³-hybridized carbons (Fsp3) is 0.343. The smallest absolute Gasteiger partial charge is 0.371 e. The van der Waals surface area contributed by atoms with E-state index in [0.717, 1.165) is 36.7 Å². The number of aliphatic hydroxyl groups excluding tert-OH is 1. The van der Waals surface area contributed by atoms with Gasteiger partial charge in [-0.3, -0.25) is 13.9 Å². The maximum absolute atomic E-state index is 13.7. The Morgan fingerprint density at radius 2 is 1.85 bits per heavy atom. The quantitative estimate of drug-likeness (QED) is 0.103. The first-order chi connectivity index (χ1) is 22.9. The normalized spacial score (nSPS) is 15.2. The Morgan fingerprint density at radius 3 is 2.50 bits per heavy atom. The summed E-state index contributed by atoms with van der Waals surface area (Å²) >= 11 is 0. The highest BCUT2D eigenvalue weighted by Gasteiger charge is 2.33. The van der Waals surface area contributed by atoms with Gasteiger partial charge in [0.05, 0.1) is 30.7 Å². The predicted octanol–water partition coefficient (Wildman–Crippen LogP) is 5.78. The second-order valence-electron chi connectivity index (χ2n) is 11.8.